The lowest BCUT2D eigenvalue weighted by molar-refractivity contribution is -0.119. The van der Waals surface area contributed by atoms with E-state index in [1.54, 1.807) is 11.8 Å². The fourth-order valence-electron chi connectivity index (χ4n) is 2.55. The van der Waals surface area contributed by atoms with Crippen LogP contribution in [0, 0.1) is 6.92 Å². The number of rotatable bonds is 9. The first-order chi connectivity index (χ1) is 12.5. The van der Waals surface area contributed by atoms with E-state index in [2.05, 4.69) is 10.6 Å². The van der Waals surface area contributed by atoms with Crippen LogP contribution in [0.2, 0.25) is 0 Å². The summed E-state index contributed by atoms with van der Waals surface area (Å²) in [5.74, 6) is 1.24. The van der Waals surface area contributed by atoms with Crippen molar-refractivity contribution < 1.29 is 9.59 Å². The van der Waals surface area contributed by atoms with Gasteiger partial charge in [-0.15, -0.1) is 0 Å². The number of hydrogen-bond donors (Lipinski definition) is 2. The standard InChI is InChI=1S/C21H26N2O2S/c1-16-8-6-11-19(14-16)23-20(24)12-7-13-26-15-21(25)22-17(2)18-9-4-3-5-10-18/h3-6,8-11,14,17H,7,12-13,15H2,1-2H3,(H,22,25)(H,23,24)/t17-/m0/s1. The molecule has 2 aromatic carbocycles. The lowest BCUT2D eigenvalue weighted by Crippen LogP contribution is -2.28. The van der Waals surface area contributed by atoms with Crippen LogP contribution in [0.5, 0.6) is 0 Å². The van der Waals surface area contributed by atoms with E-state index in [1.165, 1.54) is 0 Å². The zero-order valence-electron chi connectivity index (χ0n) is 15.3. The second kappa shape index (κ2) is 10.7. The normalized spacial score (nSPS) is 11.6. The van der Waals surface area contributed by atoms with Crippen LogP contribution in [0.25, 0.3) is 0 Å². The van der Waals surface area contributed by atoms with E-state index < -0.39 is 0 Å². The lowest BCUT2D eigenvalue weighted by Gasteiger charge is -2.14. The molecule has 4 nitrogen and oxygen atoms in total. The molecule has 0 heterocycles. The number of carbonyl (C=O) groups excluding carboxylic acids is 2. The lowest BCUT2D eigenvalue weighted by atomic mass is 10.1. The SMILES string of the molecule is Cc1cccc(NC(=O)CCCSCC(=O)N[C@@H](C)c2ccccc2)c1. The fourth-order valence-corrected chi connectivity index (χ4v) is 3.32. The predicted octanol–water partition coefficient (Wildman–Crippen LogP) is 4.32. The van der Waals surface area contributed by atoms with Gasteiger partial charge in [0.1, 0.15) is 0 Å². The predicted molar refractivity (Wildman–Crippen MR) is 109 cm³/mol. The van der Waals surface area contributed by atoms with Crippen LogP contribution < -0.4 is 10.6 Å². The van der Waals surface area contributed by atoms with Crippen LogP contribution in [0.3, 0.4) is 0 Å². The number of anilines is 1. The van der Waals surface area contributed by atoms with E-state index in [0.29, 0.717) is 12.2 Å². The molecule has 0 saturated carbocycles. The highest BCUT2D eigenvalue weighted by molar-refractivity contribution is 7.99. The zero-order valence-corrected chi connectivity index (χ0v) is 16.1. The summed E-state index contributed by atoms with van der Waals surface area (Å²) in [6.45, 7) is 3.98. The Morgan fingerprint density at radius 3 is 2.54 bits per heavy atom. The van der Waals surface area contributed by atoms with Crippen molar-refractivity contribution in [2.45, 2.75) is 32.7 Å². The molecular formula is C21H26N2O2S. The molecule has 0 aliphatic rings. The molecule has 0 unspecified atom stereocenters. The molecule has 0 aliphatic carbocycles. The van der Waals surface area contributed by atoms with Gasteiger partial charge in [-0.3, -0.25) is 9.59 Å². The number of thioether (sulfide) groups is 1. The summed E-state index contributed by atoms with van der Waals surface area (Å²) in [5, 5.41) is 5.89. The van der Waals surface area contributed by atoms with Gasteiger partial charge < -0.3 is 10.6 Å². The van der Waals surface area contributed by atoms with E-state index >= 15 is 0 Å². The molecule has 0 aromatic heterocycles. The number of benzene rings is 2. The number of amides is 2. The number of nitrogens with one attached hydrogen (secondary N) is 2. The van der Waals surface area contributed by atoms with Gasteiger partial charge in [-0.1, -0.05) is 42.5 Å². The second-order valence-corrected chi connectivity index (χ2v) is 7.38. The van der Waals surface area contributed by atoms with Crippen LogP contribution in [-0.2, 0) is 9.59 Å². The number of aryl methyl sites for hydroxylation is 1. The van der Waals surface area contributed by atoms with Gasteiger partial charge in [0, 0.05) is 12.1 Å². The van der Waals surface area contributed by atoms with Crippen molar-refractivity contribution in [2.24, 2.45) is 0 Å². The Morgan fingerprint density at radius 1 is 1.04 bits per heavy atom. The molecule has 5 heteroatoms. The van der Waals surface area contributed by atoms with Gasteiger partial charge in [-0.2, -0.15) is 11.8 Å². The highest BCUT2D eigenvalue weighted by atomic mass is 32.2. The molecule has 0 aliphatic heterocycles. The van der Waals surface area contributed by atoms with Crippen molar-refractivity contribution in [2.75, 3.05) is 16.8 Å². The third-order valence-corrected chi connectivity index (χ3v) is 4.95. The van der Waals surface area contributed by atoms with Crippen molar-refractivity contribution in [3.8, 4) is 0 Å². The third kappa shape index (κ3) is 7.31. The minimum atomic E-state index is 0.00408. The topological polar surface area (TPSA) is 58.2 Å². The Balaban J connectivity index is 1.58. The van der Waals surface area contributed by atoms with E-state index in [4.69, 9.17) is 0 Å². The van der Waals surface area contributed by atoms with Crippen molar-refractivity contribution in [1.82, 2.24) is 5.32 Å². The van der Waals surface area contributed by atoms with Gasteiger partial charge in [0.2, 0.25) is 11.8 Å². The average Bonchev–Trinajstić information content (AvgIpc) is 2.62. The molecule has 138 valence electrons. The Bertz CT molecular complexity index is 719. The minimum Gasteiger partial charge on any atom is -0.349 e. The van der Waals surface area contributed by atoms with Crippen molar-refractivity contribution >= 4 is 29.3 Å². The molecule has 26 heavy (non-hydrogen) atoms. The average molecular weight is 371 g/mol. The molecule has 0 radical (unpaired) electrons. The second-order valence-electron chi connectivity index (χ2n) is 6.27. The summed E-state index contributed by atoms with van der Waals surface area (Å²) < 4.78 is 0. The largest absolute Gasteiger partial charge is 0.349 e. The smallest absolute Gasteiger partial charge is 0.230 e. The summed E-state index contributed by atoms with van der Waals surface area (Å²) in [4.78, 5) is 23.9. The third-order valence-electron chi connectivity index (χ3n) is 3.90. The first-order valence-corrected chi connectivity index (χ1v) is 9.98. The summed E-state index contributed by atoms with van der Waals surface area (Å²) in [7, 11) is 0. The molecular weight excluding hydrogens is 344 g/mol. The van der Waals surface area contributed by atoms with Crippen LogP contribution in [0.15, 0.2) is 54.6 Å². The van der Waals surface area contributed by atoms with Crippen LogP contribution >= 0.6 is 11.8 Å². The van der Waals surface area contributed by atoms with Crippen LogP contribution in [-0.4, -0.2) is 23.3 Å². The molecule has 2 amide bonds. The van der Waals surface area contributed by atoms with Crippen molar-refractivity contribution in [1.29, 1.82) is 0 Å². The number of hydrogen-bond acceptors (Lipinski definition) is 3. The molecule has 2 aromatic rings. The summed E-state index contributed by atoms with van der Waals surface area (Å²) in [6, 6.07) is 17.7. The monoisotopic (exact) mass is 370 g/mol. The van der Waals surface area contributed by atoms with E-state index in [9.17, 15) is 9.59 Å². The Kier molecular flexibility index (Phi) is 8.22. The Morgan fingerprint density at radius 2 is 1.81 bits per heavy atom. The van der Waals surface area contributed by atoms with E-state index in [1.807, 2.05) is 68.4 Å². The van der Waals surface area contributed by atoms with Gasteiger partial charge >= 0.3 is 0 Å². The minimum absolute atomic E-state index is 0.00408. The van der Waals surface area contributed by atoms with Gasteiger partial charge in [0.15, 0.2) is 0 Å². The first kappa shape index (κ1) is 20.0. The molecule has 0 bridgehead atoms. The van der Waals surface area contributed by atoms with E-state index in [0.717, 1.165) is 29.0 Å². The summed E-state index contributed by atoms with van der Waals surface area (Å²) in [5.41, 5.74) is 3.05. The maximum atomic E-state index is 12.0. The Hall–Kier alpha value is -2.27. The van der Waals surface area contributed by atoms with Gasteiger partial charge in [-0.25, -0.2) is 0 Å². The zero-order chi connectivity index (χ0) is 18.8. The van der Waals surface area contributed by atoms with Gasteiger partial charge in [0.25, 0.3) is 0 Å². The van der Waals surface area contributed by atoms with Crippen molar-refractivity contribution in [3.05, 3.63) is 65.7 Å². The molecule has 2 rings (SSSR count). The maximum Gasteiger partial charge on any atom is 0.230 e. The van der Waals surface area contributed by atoms with Crippen LogP contribution in [0.4, 0.5) is 5.69 Å². The Labute approximate surface area is 159 Å². The van der Waals surface area contributed by atoms with Crippen molar-refractivity contribution in [3.63, 3.8) is 0 Å². The fraction of sp³-hybridized carbons (Fsp3) is 0.333. The summed E-state index contributed by atoms with van der Waals surface area (Å²) >= 11 is 1.56. The molecule has 0 saturated heterocycles. The highest BCUT2D eigenvalue weighted by Gasteiger charge is 2.09. The first-order valence-electron chi connectivity index (χ1n) is 8.83. The highest BCUT2D eigenvalue weighted by Crippen LogP contribution is 2.13. The number of carbonyl (C=O) groups is 2. The summed E-state index contributed by atoms with van der Waals surface area (Å²) in [6.07, 6.45) is 1.22. The quantitative estimate of drug-likeness (QED) is 0.646. The van der Waals surface area contributed by atoms with Gasteiger partial charge in [-0.05, 0) is 49.3 Å². The van der Waals surface area contributed by atoms with E-state index in [-0.39, 0.29) is 17.9 Å². The molecule has 0 spiro atoms. The molecule has 2 N–H and O–H groups in total. The maximum absolute atomic E-state index is 12.0. The molecule has 1 atom stereocenters. The van der Waals surface area contributed by atoms with Gasteiger partial charge in [0.05, 0.1) is 11.8 Å². The van der Waals surface area contributed by atoms with Crippen LogP contribution in [0.1, 0.15) is 36.9 Å². The molecule has 0 fully saturated rings.